The standard InChI is InChI=1S/C26H16Br2N4O2.Zn/c27-24-21-4-1-14(29-21)9-15-3-6-23(31-15)25(28)26-20(13-7-18(33)12-19(34)8-13)11-17(32-26)10-16-2-5-22(24)30-16;/h1-12,29,32-34H;. The van der Waals surface area contributed by atoms with Gasteiger partial charge in [-0.15, -0.1) is 0 Å². The van der Waals surface area contributed by atoms with Crippen LogP contribution in [0.2, 0.25) is 0 Å². The van der Waals surface area contributed by atoms with E-state index in [1.54, 1.807) is 12.1 Å². The molecule has 4 N–H and O–H groups in total. The fourth-order valence-corrected chi connectivity index (χ4v) is 5.06. The van der Waals surface area contributed by atoms with Crippen LogP contribution in [-0.4, -0.2) is 30.1 Å². The first kappa shape index (κ1) is 23.7. The Kier molecular flexibility index (Phi) is 6.26. The van der Waals surface area contributed by atoms with E-state index in [1.807, 2.05) is 54.6 Å². The summed E-state index contributed by atoms with van der Waals surface area (Å²) < 4.78 is 1.63. The van der Waals surface area contributed by atoms with Crippen molar-refractivity contribution < 1.29 is 29.7 Å². The minimum absolute atomic E-state index is 0. The van der Waals surface area contributed by atoms with E-state index in [2.05, 4.69) is 41.8 Å². The Balaban J connectivity index is 0.00000253. The molecule has 0 atom stereocenters. The van der Waals surface area contributed by atoms with Crippen molar-refractivity contribution in [1.82, 2.24) is 19.9 Å². The minimum Gasteiger partial charge on any atom is -0.508 e. The Bertz CT molecular complexity index is 1700. The fourth-order valence-electron chi connectivity index (χ4n) is 4.07. The monoisotopic (exact) mass is 638 g/mol. The van der Waals surface area contributed by atoms with Crippen molar-refractivity contribution in [2.45, 2.75) is 0 Å². The van der Waals surface area contributed by atoms with Crippen LogP contribution in [0.4, 0.5) is 0 Å². The van der Waals surface area contributed by atoms with Gasteiger partial charge in [0.1, 0.15) is 11.5 Å². The van der Waals surface area contributed by atoms with Gasteiger partial charge < -0.3 is 20.2 Å². The van der Waals surface area contributed by atoms with Crippen molar-refractivity contribution in [2.75, 3.05) is 0 Å². The summed E-state index contributed by atoms with van der Waals surface area (Å²) >= 11 is 7.40. The van der Waals surface area contributed by atoms with Crippen molar-refractivity contribution in [1.29, 1.82) is 0 Å². The van der Waals surface area contributed by atoms with Gasteiger partial charge in [0.25, 0.3) is 0 Å². The molecule has 0 radical (unpaired) electrons. The Labute approximate surface area is 229 Å². The number of nitrogens with zero attached hydrogens (tertiary/aromatic N) is 2. The first-order chi connectivity index (χ1) is 16.4. The summed E-state index contributed by atoms with van der Waals surface area (Å²) in [6.45, 7) is 0. The van der Waals surface area contributed by atoms with Crippen LogP contribution < -0.4 is 0 Å². The molecule has 5 heterocycles. The molecule has 0 aliphatic carbocycles. The number of rotatable bonds is 1. The molecule has 1 aromatic carbocycles. The van der Waals surface area contributed by atoms with Crippen LogP contribution in [-0.2, 0) is 19.5 Å². The van der Waals surface area contributed by atoms with E-state index in [0.29, 0.717) is 5.56 Å². The quantitative estimate of drug-likeness (QED) is 0.142. The van der Waals surface area contributed by atoms with E-state index in [-0.39, 0.29) is 31.0 Å². The number of halogens is 2. The Morgan fingerprint density at radius 1 is 0.657 bits per heavy atom. The number of aromatic amines is 2. The molecule has 0 amide bonds. The summed E-state index contributed by atoms with van der Waals surface area (Å²) in [5, 5.41) is 20.1. The van der Waals surface area contributed by atoms with Gasteiger partial charge in [-0.25, -0.2) is 9.97 Å². The smallest absolute Gasteiger partial charge is 0.119 e. The molecule has 2 aliphatic heterocycles. The van der Waals surface area contributed by atoms with Gasteiger partial charge in [0.15, 0.2) is 0 Å². The van der Waals surface area contributed by atoms with Crippen molar-refractivity contribution in [2.24, 2.45) is 0 Å². The maximum absolute atomic E-state index is 10.1. The van der Waals surface area contributed by atoms with E-state index >= 15 is 0 Å². The third-order valence-corrected chi connectivity index (χ3v) is 7.23. The molecule has 0 fully saturated rings. The number of aromatic nitrogens is 4. The molecule has 35 heavy (non-hydrogen) atoms. The van der Waals surface area contributed by atoms with Crippen molar-refractivity contribution in [3.05, 3.63) is 80.3 Å². The maximum atomic E-state index is 10.1. The molecule has 0 unspecified atom stereocenters. The van der Waals surface area contributed by atoms with Crippen LogP contribution in [0.25, 0.3) is 57.5 Å². The average Bonchev–Trinajstić information content (AvgIpc) is 3.59. The molecule has 9 heteroatoms. The average molecular weight is 642 g/mol. The van der Waals surface area contributed by atoms with E-state index in [4.69, 9.17) is 9.97 Å². The van der Waals surface area contributed by atoms with E-state index < -0.39 is 0 Å². The van der Waals surface area contributed by atoms with Gasteiger partial charge in [0, 0.05) is 42.1 Å². The SMILES string of the molecule is Oc1cc(O)cc(-c2cc3cc4nc(c(Br)c5ccc(cc6nc(c(Br)c2[nH]3)C=C6)[nH]5)C=C4)c1.[Zn]. The number of hydrogen-bond donors (Lipinski definition) is 4. The van der Waals surface area contributed by atoms with Crippen molar-refractivity contribution in [3.8, 4) is 22.6 Å². The first-order valence-corrected chi connectivity index (χ1v) is 12.0. The molecule has 2 aliphatic rings. The molecule has 6 nitrogen and oxygen atoms in total. The number of nitrogens with one attached hydrogen (secondary N) is 2. The molecular weight excluding hydrogens is 626 g/mol. The van der Waals surface area contributed by atoms with E-state index in [9.17, 15) is 10.2 Å². The molecule has 0 spiro atoms. The van der Waals surface area contributed by atoms with Gasteiger partial charge in [-0.1, -0.05) is 0 Å². The summed E-state index contributed by atoms with van der Waals surface area (Å²) in [6.07, 6.45) is 7.81. The Hall–Kier alpha value is -3.00. The summed E-state index contributed by atoms with van der Waals surface area (Å²) in [4.78, 5) is 16.4. The van der Waals surface area contributed by atoms with Crippen molar-refractivity contribution in [3.63, 3.8) is 0 Å². The number of aromatic hydroxyl groups is 2. The van der Waals surface area contributed by atoms with E-state index in [1.165, 1.54) is 6.07 Å². The van der Waals surface area contributed by atoms with Crippen LogP contribution in [0.5, 0.6) is 11.5 Å². The number of fused-ring (bicyclic) bond motifs is 8. The van der Waals surface area contributed by atoms with Gasteiger partial charge in [-0.2, -0.15) is 0 Å². The molecule has 4 aromatic rings. The van der Waals surface area contributed by atoms with Gasteiger partial charge in [0.05, 0.1) is 42.8 Å². The molecular formula is C26H16Br2N4O2Zn. The number of benzene rings is 1. The zero-order chi connectivity index (χ0) is 23.4. The molecule has 8 bridgehead atoms. The molecule has 3 aromatic heterocycles. The normalized spacial score (nSPS) is 12.1. The predicted molar refractivity (Wildman–Crippen MR) is 143 cm³/mol. The van der Waals surface area contributed by atoms with Gasteiger partial charge >= 0.3 is 0 Å². The summed E-state index contributed by atoms with van der Waals surface area (Å²) in [5.74, 6) is -0.0308. The largest absolute Gasteiger partial charge is 0.508 e. The number of H-pyrrole nitrogens is 2. The third-order valence-electron chi connectivity index (χ3n) is 5.60. The van der Waals surface area contributed by atoms with Crippen LogP contribution >= 0.6 is 31.9 Å². The zero-order valence-corrected chi connectivity index (χ0v) is 24.3. The van der Waals surface area contributed by atoms with Gasteiger partial charge in [-0.05, 0) is 104 Å². The summed E-state index contributed by atoms with van der Waals surface area (Å²) in [7, 11) is 0. The number of phenols is 2. The zero-order valence-electron chi connectivity index (χ0n) is 18.2. The van der Waals surface area contributed by atoms with Gasteiger partial charge in [0.2, 0.25) is 0 Å². The van der Waals surface area contributed by atoms with Gasteiger partial charge in [-0.3, -0.25) is 0 Å². The number of phenolic OH excluding ortho intramolecular Hbond substituents is 2. The second-order valence-electron chi connectivity index (χ2n) is 8.01. The first-order valence-electron chi connectivity index (χ1n) is 10.4. The van der Waals surface area contributed by atoms with Crippen molar-refractivity contribution >= 4 is 78.2 Å². The fraction of sp³-hybridized carbons (Fsp3) is 0. The Morgan fingerprint density at radius 3 is 1.97 bits per heavy atom. The second kappa shape index (κ2) is 9.23. The molecule has 168 valence electrons. The topological polar surface area (TPSA) is 97.8 Å². The molecule has 0 saturated heterocycles. The maximum Gasteiger partial charge on any atom is 0.119 e. The second-order valence-corrected chi connectivity index (χ2v) is 9.59. The molecule has 0 saturated carbocycles. The molecule has 6 rings (SSSR count). The predicted octanol–water partition coefficient (Wildman–Crippen LogP) is 7.26. The minimum atomic E-state index is -0.0154. The third kappa shape index (κ3) is 4.51. The van der Waals surface area contributed by atoms with Crippen LogP contribution in [0.15, 0.2) is 57.5 Å². The Morgan fingerprint density at radius 2 is 1.29 bits per heavy atom. The van der Waals surface area contributed by atoms with Crippen LogP contribution in [0, 0.1) is 0 Å². The van der Waals surface area contributed by atoms with Crippen LogP contribution in [0.3, 0.4) is 0 Å². The summed E-state index contributed by atoms with van der Waals surface area (Å²) in [5.41, 5.74) is 8.09. The van der Waals surface area contributed by atoms with Crippen LogP contribution in [0.1, 0.15) is 22.8 Å². The van der Waals surface area contributed by atoms with E-state index in [0.717, 1.165) is 59.4 Å². The summed E-state index contributed by atoms with van der Waals surface area (Å²) in [6, 6.07) is 14.4. The number of hydrogen-bond acceptors (Lipinski definition) is 4.